The fourth-order valence-corrected chi connectivity index (χ4v) is 4.16. The summed E-state index contributed by atoms with van der Waals surface area (Å²) in [6.45, 7) is 4.04. The zero-order chi connectivity index (χ0) is 27.2. The van der Waals surface area contributed by atoms with Crippen LogP contribution in [0.5, 0.6) is 5.75 Å². The Balaban J connectivity index is 1.54. The summed E-state index contributed by atoms with van der Waals surface area (Å²) < 4.78 is 10.2. The molecular weight excluding hydrogens is 486 g/mol. The highest BCUT2D eigenvalue weighted by atomic mass is 16.5. The molecule has 4 rings (SSSR count). The van der Waals surface area contributed by atoms with E-state index in [4.69, 9.17) is 9.47 Å². The number of ether oxygens (including phenoxy) is 2. The molecule has 4 amide bonds. The van der Waals surface area contributed by atoms with Gasteiger partial charge in [0.25, 0.3) is 5.91 Å². The van der Waals surface area contributed by atoms with Crippen LogP contribution in [0.1, 0.15) is 34.8 Å². The monoisotopic (exact) mass is 515 g/mol. The highest BCUT2D eigenvalue weighted by molar-refractivity contribution is 6.22. The van der Waals surface area contributed by atoms with Gasteiger partial charge in [0.2, 0.25) is 5.91 Å². The van der Waals surface area contributed by atoms with E-state index >= 15 is 0 Å². The van der Waals surface area contributed by atoms with Gasteiger partial charge < -0.3 is 19.7 Å². The Morgan fingerprint density at radius 3 is 2.18 bits per heavy atom. The van der Waals surface area contributed by atoms with Gasteiger partial charge in [0.05, 0.1) is 31.4 Å². The van der Waals surface area contributed by atoms with E-state index < -0.39 is 29.9 Å². The SMILES string of the molecule is CCOC(=O)c1ccc(NC(=O)C[C@H]2C(=O)N(c3ccc(C)cc3)C(=O)N2Cc2ccc(OC)cc2)cc1. The van der Waals surface area contributed by atoms with Crippen molar-refractivity contribution in [2.45, 2.75) is 32.9 Å². The highest BCUT2D eigenvalue weighted by Crippen LogP contribution is 2.29. The Morgan fingerprint density at radius 1 is 0.921 bits per heavy atom. The highest BCUT2D eigenvalue weighted by Gasteiger charge is 2.46. The molecule has 0 radical (unpaired) electrons. The van der Waals surface area contributed by atoms with E-state index in [1.165, 1.54) is 4.90 Å². The molecule has 1 heterocycles. The van der Waals surface area contributed by atoms with Crippen LogP contribution >= 0.6 is 0 Å². The molecule has 0 bridgehead atoms. The van der Waals surface area contributed by atoms with E-state index in [1.807, 2.05) is 31.2 Å². The fraction of sp³-hybridized carbons (Fsp3) is 0.241. The fourth-order valence-electron chi connectivity index (χ4n) is 4.16. The number of hydrogen-bond acceptors (Lipinski definition) is 6. The minimum absolute atomic E-state index is 0.142. The molecule has 1 aliphatic heterocycles. The van der Waals surface area contributed by atoms with E-state index in [0.29, 0.717) is 22.7 Å². The lowest BCUT2D eigenvalue weighted by molar-refractivity contribution is -0.124. The standard InChI is InChI=1S/C29H29N3O6/c1-4-38-28(35)21-9-11-22(12-10-21)30-26(33)17-25-27(34)32(23-13-5-19(2)6-14-23)29(36)31(25)18-20-7-15-24(37-3)16-8-20/h5-16,25H,4,17-18H2,1-3H3,(H,30,33)/t25-/m0/s1. The first kappa shape index (κ1) is 26.4. The lowest BCUT2D eigenvalue weighted by Gasteiger charge is -2.22. The maximum Gasteiger partial charge on any atom is 0.338 e. The molecule has 0 aromatic heterocycles. The normalized spacial score (nSPS) is 15.0. The molecule has 196 valence electrons. The molecule has 1 atom stereocenters. The van der Waals surface area contributed by atoms with Crippen molar-refractivity contribution in [2.24, 2.45) is 0 Å². The van der Waals surface area contributed by atoms with Crippen molar-refractivity contribution < 1.29 is 28.7 Å². The van der Waals surface area contributed by atoms with E-state index in [9.17, 15) is 19.2 Å². The number of carbonyl (C=O) groups excluding carboxylic acids is 4. The summed E-state index contributed by atoms with van der Waals surface area (Å²) in [6.07, 6.45) is -0.233. The van der Waals surface area contributed by atoms with Gasteiger partial charge in [-0.05, 0) is 67.9 Å². The van der Waals surface area contributed by atoms with E-state index in [-0.39, 0.29) is 19.6 Å². The van der Waals surface area contributed by atoms with Crippen molar-refractivity contribution in [1.29, 1.82) is 0 Å². The van der Waals surface area contributed by atoms with Gasteiger partial charge >= 0.3 is 12.0 Å². The quantitative estimate of drug-likeness (QED) is 0.331. The van der Waals surface area contributed by atoms with Gasteiger partial charge in [0.15, 0.2) is 0 Å². The van der Waals surface area contributed by atoms with Crippen LogP contribution in [0.4, 0.5) is 16.2 Å². The van der Waals surface area contributed by atoms with Crippen molar-refractivity contribution in [3.8, 4) is 5.75 Å². The average Bonchev–Trinajstić information content (AvgIpc) is 3.14. The maximum atomic E-state index is 13.5. The molecule has 0 unspecified atom stereocenters. The molecule has 9 heteroatoms. The zero-order valence-electron chi connectivity index (χ0n) is 21.5. The first-order valence-corrected chi connectivity index (χ1v) is 12.2. The Labute approximate surface area is 220 Å². The van der Waals surface area contributed by atoms with Crippen LogP contribution in [0.3, 0.4) is 0 Å². The Hall–Kier alpha value is -4.66. The number of amides is 4. The minimum atomic E-state index is -0.996. The first-order valence-electron chi connectivity index (χ1n) is 12.2. The number of anilines is 2. The Kier molecular flexibility index (Phi) is 8.06. The minimum Gasteiger partial charge on any atom is -0.497 e. The molecule has 3 aromatic rings. The largest absolute Gasteiger partial charge is 0.497 e. The number of nitrogens with zero attached hydrogens (tertiary/aromatic N) is 2. The second-order valence-electron chi connectivity index (χ2n) is 8.83. The molecule has 1 aliphatic rings. The molecule has 9 nitrogen and oxygen atoms in total. The molecule has 0 spiro atoms. The number of imide groups is 1. The second-order valence-corrected chi connectivity index (χ2v) is 8.83. The van der Waals surface area contributed by atoms with Crippen LogP contribution in [0.25, 0.3) is 0 Å². The smallest absolute Gasteiger partial charge is 0.338 e. The molecule has 1 fully saturated rings. The number of methoxy groups -OCH3 is 1. The first-order chi connectivity index (χ1) is 18.3. The molecule has 38 heavy (non-hydrogen) atoms. The number of carbonyl (C=O) groups is 4. The van der Waals surface area contributed by atoms with Gasteiger partial charge in [-0.3, -0.25) is 9.59 Å². The summed E-state index contributed by atoms with van der Waals surface area (Å²) in [4.78, 5) is 54.3. The van der Waals surface area contributed by atoms with Crippen LogP contribution in [0, 0.1) is 6.92 Å². The summed E-state index contributed by atoms with van der Waals surface area (Å²) >= 11 is 0. The summed E-state index contributed by atoms with van der Waals surface area (Å²) in [6, 6.07) is 19.0. The topological polar surface area (TPSA) is 105 Å². The van der Waals surface area contributed by atoms with Crippen LogP contribution in [0.2, 0.25) is 0 Å². The molecule has 0 saturated carbocycles. The van der Waals surface area contributed by atoms with Gasteiger partial charge in [-0.15, -0.1) is 0 Å². The van der Waals surface area contributed by atoms with Gasteiger partial charge in [0.1, 0.15) is 11.8 Å². The summed E-state index contributed by atoms with van der Waals surface area (Å²) in [7, 11) is 1.57. The van der Waals surface area contributed by atoms with Crippen molar-refractivity contribution >= 4 is 35.2 Å². The summed E-state index contributed by atoms with van der Waals surface area (Å²) in [5.41, 5.74) is 3.05. The second kappa shape index (κ2) is 11.6. The lowest BCUT2D eigenvalue weighted by atomic mass is 10.1. The Morgan fingerprint density at radius 2 is 1.58 bits per heavy atom. The predicted octanol–water partition coefficient (Wildman–Crippen LogP) is 4.55. The van der Waals surface area contributed by atoms with Gasteiger partial charge in [-0.2, -0.15) is 0 Å². The number of urea groups is 1. The Bertz CT molecular complexity index is 1320. The van der Waals surface area contributed by atoms with Crippen molar-refractivity contribution in [3.63, 3.8) is 0 Å². The van der Waals surface area contributed by atoms with Gasteiger partial charge in [-0.25, -0.2) is 14.5 Å². The predicted molar refractivity (Wildman–Crippen MR) is 142 cm³/mol. The molecule has 1 N–H and O–H groups in total. The van der Waals surface area contributed by atoms with Crippen molar-refractivity contribution in [2.75, 3.05) is 23.9 Å². The van der Waals surface area contributed by atoms with Crippen LogP contribution in [0.15, 0.2) is 72.8 Å². The van der Waals surface area contributed by atoms with Crippen LogP contribution in [-0.4, -0.2) is 48.5 Å². The zero-order valence-corrected chi connectivity index (χ0v) is 21.5. The van der Waals surface area contributed by atoms with E-state index in [2.05, 4.69) is 5.32 Å². The number of aryl methyl sites for hydroxylation is 1. The number of benzene rings is 3. The van der Waals surface area contributed by atoms with Gasteiger partial charge in [0, 0.05) is 12.2 Å². The third-order valence-electron chi connectivity index (χ3n) is 6.18. The van der Waals surface area contributed by atoms with E-state index in [1.54, 1.807) is 62.6 Å². The van der Waals surface area contributed by atoms with Crippen LogP contribution < -0.4 is 15.0 Å². The molecular formula is C29H29N3O6. The third-order valence-corrected chi connectivity index (χ3v) is 6.18. The van der Waals surface area contributed by atoms with Gasteiger partial charge in [-0.1, -0.05) is 29.8 Å². The third kappa shape index (κ3) is 5.83. The number of rotatable bonds is 9. The average molecular weight is 516 g/mol. The molecule has 3 aromatic carbocycles. The molecule has 1 saturated heterocycles. The summed E-state index contributed by atoms with van der Waals surface area (Å²) in [5.74, 6) is -0.694. The summed E-state index contributed by atoms with van der Waals surface area (Å²) in [5, 5.41) is 2.75. The number of hydrogen-bond donors (Lipinski definition) is 1. The lowest BCUT2D eigenvalue weighted by Crippen LogP contribution is -2.37. The van der Waals surface area contributed by atoms with E-state index in [0.717, 1.165) is 16.0 Å². The number of esters is 1. The molecule has 0 aliphatic carbocycles. The van der Waals surface area contributed by atoms with Crippen LogP contribution in [-0.2, 0) is 20.9 Å². The number of nitrogens with one attached hydrogen (secondary N) is 1. The van der Waals surface area contributed by atoms with Crippen molar-refractivity contribution in [3.05, 3.63) is 89.5 Å². The van der Waals surface area contributed by atoms with Crippen molar-refractivity contribution in [1.82, 2.24) is 4.90 Å². The maximum absolute atomic E-state index is 13.5.